The summed E-state index contributed by atoms with van der Waals surface area (Å²) in [4.78, 5) is 3.93. The Morgan fingerprint density at radius 3 is 2.84 bits per heavy atom. The van der Waals surface area contributed by atoms with Crippen molar-refractivity contribution in [1.29, 1.82) is 0 Å². The van der Waals surface area contributed by atoms with Gasteiger partial charge >= 0.3 is 0 Å². The lowest BCUT2D eigenvalue weighted by Gasteiger charge is -2.08. The molecule has 8 heteroatoms. The first-order chi connectivity index (χ1) is 8.99. The molecular weight excluding hydrogens is 289 g/mol. The van der Waals surface area contributed by atoms with E-state index in [-0.39, 0.29) is 17.1 Å². The van der Waals surface area contributed by atoms with E-state index in [4.69, 9.17) is 5.73 Å². The van der Waals surface area contributed by atoms with E-state index in [0.717, 1.165) is 23.2 Å². The molecule has 0 atom stereocenters. The molecule has 19 heavy (non-hydrogen) atoms. The van der Waals surface area contributed by atoms with Crippen molar-refractivity contribution in [1.82, 2.24) is 9.71 Å². The lowest BCUT2D eigenvalue weighted by molar-refractivity contribution is 0.581. The number of sulfonamides is 1. The lowest BCUT2D eigenvalue weighted by Crippen LogP contribution is -2.26. The second-order valence-corrected chi connectivity index (χ2v) is 6.47. The summed E-state index contributed by atoms with van der Waals surface area (Å²) in [5.74, 6) is -0.570. The number of rotatable bonds is 5. The van der Waals surface area contributed by atoms with Gasteiger partial charge in [-0.3, -0.25) is 0 Å². The maximum absolute atomic E-state index is 12.9. The van der Waals surface area contributed by atoms with Crippen LogP contribution in [0.5, 0.6) is 0 Å². The highest BCUT2D eigenvalue weighted by Crippen LogP contribution is 2.18. The zero-order chi connectivity index (χ0) is 13.9. The van der Waals surface area contributed by atoms with Gasteiger partial charge in [0.25, 0.3) is 0 Å². The monoisotopic (exact) mass is 301 g/mol. The zero-order valence-corrected chi connectivity index (χ0v) is 11.5. The molecule has 102 valence electrons. The van der Waals surface area contributed by atoms with Crippen molar-refractivity contribution in [3.05, 3.63) is 40.6 Å². The summed E-state index contributed by atoms with van der Waals surface area (Å²) < 4.78 is 39.2. The van der Waals surface area contributed by atoms with Crippen molar-refractivity contribution in [3.8, 4) is 0 Å². The summed E-state index contributed by atoms with van der Waals surface area (Å²) in [6.07, 6.45) is 2.16. The van der Waals surface area contributed by atoms with Crippen LogP contribution in [0.15, 0.2) is 34.7 Å². The quantitative estimate of drug-likeness (QED) is 0.817. The fraction of sp³-hybridized carbons (Fsp3) is 0.182. The maximum atomic E-state index is 12.9. The molecule has 3 N–H and O–H groups in total. The van der Waals surface area contributed by atoms with E-state index in [1.54, 1.807) is 6.20 Å². The van der Waals surface area contributed by atoms with Crippen LogP contribution in [0.2, 0.25) is 0 Å². The molecule has 1 heterocycles. The third kappa shape index (κ3) is 3.49. The molecule has 2 rings (SSSR count). The van der Waals surface area contributed by atoms with Gasteiger partial charge in [0.1, 0.15) is 10.7 Å². The summed E-state index contributed by atoms with van der Waals surface area (Å²) in [6.45, 7) is 0.215. The Kier molecular flexibility index (Phi) is 4.13. The van der Waals surface area contributed by atoms with Gasteiger partial charge in [-0.15, -0.1) is 11.3 Å². The fourth-order valence-electron chi connectivity index (χ4n) is 1.51. The minimum atomic E-state index is -3.73. The van der Waals surface area contributed by atoms with Gasteiger partial charge < -0.3 is 5.73 Å². The first-order valence-electron chi connectivity index (χ1n) is 5.42. The summed E-state index contributed by atoms with van der Waals surface area (Å²) >= 11 is 1.45. The molecule has 0 saturated carbocycles. The highest BCUT2D eigenvalue weighted by molar-refractivity contribution is 7.89. The third-order valence-corrected chi connectivity index (χ3v) is 4.75. The van der Waals surface area contributed by atoms with Gasteiger partial charge in [0, 0.05) is 24.5 Å². The Morgan fingerprint density at radius 2 is 2.21 bits per heavy atom. The van der Waals surface area contributed by atoms with Crippen LogP contribution in [0.4, 0.5) is 10.1 Å². The molecule has 0 spiro atoms. The largest absolute Gasteiger partial charge is 0.398 e. The molecule has 0 aliphatic carbocycles. The van der Waals surface area contributed by atoms with E-state index in [2.05, 4.69) is 9.71 Å². The molecule has 0 amide bonds. The smallest absolute Gasteiger partial charge is 0.242 e. The van der Waals surface area contributed by atoms with Crippen LogP contribution in [-0.4, -0.2) is 19.9 Å². The lowest BCUT2D eigenvalue weighted by atomic mass is 10.3. The molecule has 0 fully saturated rings. The summed E-state index contributed by atoms with van der Waals surface area (Å²) in [5, 5.41) is 2.66. The van der Waals surface area contributed by atoms with Crippen LogP contribution in [0.3, 0.4) is 0 Å². The number of nitrogens with zero attached hydrogens (tertiary/aromatic N) is 1. The number of nitrogens with one attached hydrogen (secondary N) is 1. The molecule has 0 bridgehead atoms. The molecule has 1 aromatic heterocycles. The first-order valence-corrected chi connectivity index (χ1v) is 7.78. The molecule has 1 aromatic carbocycles. The van der Waals surface area contributed by atoms with Crippen molar-refractivity contribution in [2.75, 3.05) is 12.3 Å². The predicted octanol–water partition coefficient (Wildman–Crippen LogP) is 1.39. The van der Waals surface area contributed by atoms with Crippen molar-refractivity contribution < 1.29 is 12.8 Å². The Bertz CT molecular complexity index is 657. The Morgan fingerprint density at radius 1 is 1.42 bits per heavy atom. The molecule has 0 aliphatic rings. The zero-order valence-electron chi connectivity index (χ0n) is 9.84. The van der Waals surface area contributed by atoms with E-state index in [0.29, 0.717) is 6.42 Å². The fourth-order valence-corrected chi connectivity index (χ4v) is 3.27. The Labute approximate surface area is 114 Å². The summed E-state index contributed by atoms with van der Waals surface area (Å²) in [6, 6.07) is 3.19. The number of nitrogens with two attached hydrogens (primary N) is 1. The maximum Gasteiger partial charge on any atom is 0.242 e. The van der Waals surface area contributed by atoms with Crippen molar-refractivity contribution in [3.63, 3.8) is 0 Å². The van der Waals surface area contributed by atoms with Crippen LogP contribution >= 0.6 is 11.3 Å². The minimum Gasteiger partial charge on any atom is -0.398 e. The Balaban J connectivity index is 2.05. The van der Waals surface area contributed by atoms with Crippen molar-refractivity contribution in [2.45, 2.75) is 11.3 Å². The van der Waals surface area contributed by atoms with Crippen molar-refractivity contribution >= 4 is 27.0 Å². The number of hydrogen-bond acceptors (Lipinski definition) is 5. The second kappa shape index (κ2) is 5.64. The van der Waals surface area contributed by atoms with Crippen LogP contribution < -0.4 is 10.5 Å². The Hall–Kier alpha value is -1.51. The summed E-state index contributed by atoms with van der Waals surface area (Å²) in [5.41, 5.74) is 5.39. The summed E-state index contributed by atoms with van der Waals surface area (Å²) in [7, 11) is -3.73. The van der Waals surface area contributed by atoms with Gasteiger partial charge in [-0.2, -0.15) is 0 Å². The third-order valence-electron chi connectivity index (χ3n) is 2.38. The van der Waals surface area contributed by atoms with Crippen molar-refractivity contribution in [2.24, 2.45) is 0 Å². The molecule has 0 aliphatic heterocycles. The highest BCUT2D eigenvalue weighted by atomic mass is 32.2. The number of benzene rings is 1. The average Bonchev–Trinajstić information content (AvgIpc) is 2.81. The topological polar surface area (TPSA) is 85.1 Å². The van der Waals surface area contributed by atoms with E-state index in [9.17, 15) is 12.8 Å². The van der Waals surface area contributed by atoms with Crippen LogP contribution in [0.25, 0.3) is 0 Å². The van der Waals surface area contributed by atoms with Gasteiger partial charge in [-0.25, -0.2) is 22.5 Å². The highest BCUT2D eigenvalue weighted by Gasteiger charge is 2.17. The standard InChI is InChI=1S/C11H12FN3O2S2/c12-8-1-2-10(9(13)7-8)19(16,17)15-4-3-11-14-5-6-18-11/h1-2,5-7,15H,3-4,13H2. The molecule has 2 aromatic rings. The number of anilines is 1. The number of hydrogen-bond donors (Lipinski definition) is 2. The second-order valence-electron chi connectivity index (χ2n) is 3.76. The van der Waals surface area contributed by atoms with Crippen LogP contribution in [0.1, 0.15) is 5.01 Å². The number of thiazole rings is 1. The van der Waals surface area contributed by atoms with Gasteiger partial charge in [0.2, 0.25) is 10.0 Å². The minimum absolute atomic E-state index is 0.109. The molecular formula is C11H12FN3O2S2. The number of aromatic nitrogens is 1. The van der Waals surface area contributed by atoms with Crippen LogP contribution in [-0.2, 0) is 16.4 Å². The normalized spacial score (nSPS) is 11.6. The van der Waals surface area contributed by atoms with Crippen LogP contribution in [0, 0.1) is 5.82 Å². The van der Waals surface area contributed by atoms with E-state index in [1.807, 2.05) is 5.38 Å². The average molecular weight is 301 g/mol. The number of nitrogen functional groups attached to an aromatic ring is 1. The van der Waals surface area contributed by atoms with Gasteiger partial charge in [0.15, 0.2) is 0 Å². The molecule has 5 nitrogen and oxygen atoms in total. The van der Waals surface area contributed by atoms with Gasteiger partial charge in [-0.1, -0.05) is 0 Å². The van der Waals surface area contributed by atoms with E-state index >= 15 is 0 Å². The SMILES string of the molecule is Nc1cc(F)ccc1S(=O)(=O)NCCc1nccs1. The predicted molar refractivity (Wildman–Crippen MR) is 71.8 cm³/mol. The molecule has 0 saturated heterocycles. The first kappa shape index (κ1) is 13.9. The van der Waals surface area contributed by atoms with Gasteiger partial charge in [0.05, 0.1) is 10.7 Å². The van der Waals surface area contributed by atoms with E-state index in [1.165, 1.54) is 11.3 Å². The van der Waals surface area contributed by atoms with E-state index < -0.39 is 15.8 Å². The molecule has 0 radical (unpaired) electrons. The number of halogens is 1. The van der Waals surface area contributed by atoms with Gasteiger partial charge in [-0.05, 0) is 18.2 Å². The molecule has 0 unspecified atom stereocenters.